The van der Waals surface area contributed by atoms with Crippen molar-refractivity contribution in [2.45, 2.75) is 53.1 Å². The first-order chi connectivity index (χ1) is 7.49. The van der Waals surface area contributed by atoms with Crippen LogP contribution in [0.15, 0.2) is 24.3 Å². The Balaban J connectivity index is 2.78. The molecule has 0 bridgehead atoms. The van der Waals surface area contributed by atoms with Gasteiger partial charge in [-0.05, 0) is 34.6 Å². The highest BCUT2D eigenvalue weighted by atomic mass is 16.7. The van der Waals surface area contributed by atoms with Crippen LogP contribution in [0.1, 0.15) is 45.1 Å². The monoisotopic (exact) mass is 222 g/mol. The second-order valence-electron chi connectivity index (χ2n) is 4.61. The first kappa shape index (κ1) is 13.2. The van der Waals surface area contributed by atoms with Crippen molar-refractivity contribution in [3.63, 3.8) is 0 Å². The van der Waals surface area contributed by atoms with E-state index in [1.165, 1.54) is 5.56 Å². The Morgan fingerprint density at radius 2 is 1.25 bits per heavy atom. The molecule has 2 heteroatoms. The van der Waals surface area contributed by atoms with Gasteiger partial charge >= 0.3 is 0 Å². The highest BCUT2D eigenvalue weighted by Gasteiger charge is 2.15. The van der Waals surface area contributed by atoms with Gasteiger partial charge in [0.05, 0.1) is 12.2 Å². The fourth-order valence-electron chi connectivity index (χ4n) is 1.41. The van der Waals surface area contributed by atoms with Gasteiger partial charge in [-0.2, -0.15) is 0 Å². The summed E-state index contributed by atoms with van der Waals surface area (Å²) in [5, 5.41) is 0. The van der Waals surface area contributed by atoms with Crippen molar-refractivity contribution in [3.05, 3.63) is 35.4 Å². The molecule has 16 heavy (non-hydrogen) atoms. The van der Waals surface area contributed by atoms with E-state index in [1.54, 1.807) is 0 Å². The minimum absolute atomic E-state index is 0.157. The summed E-state index contributed by atoms with van der Waals surface area (Å²) in [7, 11) is 0. The Morgan fingerprint density at radius 3 is 1.62 bits per heavy atom. The zero-order valence-corrected chi connectivity index (χ0v) is 10.9. The van der Waals surface area contributed by atoms with Crippen molar-refractivity contribution < 1.29 is 9.47 Å². The van der Waals surface area contributed by atoms with Gasteiger partial charge in [-0.25, -0.2) is 0 Å². The van der Waals surface area contributed by atoms with Crippen LogP contribution in [-0.4, -0.2) is 12.2 Å². The van der Waals surface area contributed by atoms with Crippen molar-refractivity contribution in [3.8, 4) is 0 Å². The van der Waals surface area contributed by atoms with Crippen LogP contribution >= 0.6 is 0 Å². The van der Waals surface area contributed by atoms with E-state index in [0.29, 0.717) is 0 Å². The predicted octanol–water partition coefficient (Wildman–Crippen LogP) is 3.84. The van der Waals surface area contributed by atoms with Crippen LogP contribution in [0.2, 0.25) is 0 Å². The molecule has 1 rings (SSSR count). The summed E-state index contributed by atoms with van der Waals surface area (Å²) in [5.41, 5.74) is 2.32. The van der Waals surface area contributed by atoms with Gasteiger partial charge in [0.1, 0.15) is 0 Å². The number of aryl methyl sites for hydroxylation is 1. The molecule has 0 saturated heterocycles. The van der Waals surface area contributed by atoms with Crippen LogP contribution in [0.5, 0.6) is 0 Å². The summed E-state index contributed by atoms with van der Waals surface area (Å²) in [6.45, 7) is 10.1. The summed E-state index contributed by atoms with van der Waals surface area (Å²) in [5.74, 6) is 0. The Morgan fingerprint density at radius 1 is 0.812 bits per heavy atom. The van der Waals surface area contributed by atoms with Gasteiger partial charge in [-0.3, -0.25) is 0 Å². The summed E-state index contributed by atoms with van der Waals surface area (Å²) >= 11 is 0. The molecule has 0 aliphatic rings. The van der Waals surface area contributed by atoms with Gasteiger partial charge in [0.2, 0.25) is 0 Å². The molecule has 0 amide bonds. The molecule has 0 N–H and O–H groups in total. The fourth-order valence-corrected chi connectivity index (χ4v) is 1.41. The third-order valence-electron chi connectivity index (χ3n) is 2.14. The predicted molar refractivity (Wildman–Crippen MR) is 66.4 cm³/mol. The van der Waals surface area contributed by atoms with Crippen LogP contribution in [0.25, 0.3) is 0 Å². The summed E-state index contributed by atoms with van der Waals surface area (Å²) in [6.07, 6.45) is 0.0516. The topological polar surface area (TPSA) is 18.5 Å². The maximum absolute atomic E-state index is 5.76. The molecule has 0 saturated carbocycles. The van der Waals surface area contributed by atoms with Gasteiger partial charge in [-0.15, -0.1) is 0 Å². The minimum atomic E-state index is -0.263. The molecule has 2 nitrogen and oxygen atoms in total. The number of hydrogen-bond donors (Lipinski definition) is 0. The molecule has 90 valence electrons. The normalized spacial score (nSPS) is 11.8. The van der Waals surface area contributed by atoms with Crippen LogP contribution in [-0.2, 0) is 9.47 Å². The maximum atomic E-state index is 5.76. The Labute approximate surface area is 98.6 Å². The lowest BCUT2D eigenvalue weighted by atomic mass is 10.1. The Kier molecular flexibility index (Phi) is 4.97. The third kappa shape index (κ3) is 4.33. The maximum Gasteiger partial charge on any atom is 0.184 e. The second kappa shape index (κ2) is 6.02. The SMILES string of the molecule is Cc1ccc(C(OC(C)C)OC(C)C)cc1. The summed E-state index contributed by atoms with van der Waals surface area (Å²) in [4.78, 5) is 0. The Bertz CT molecular complexity index is 291. The van der Waals surface area contributed by atoms with E-state index in [4.69, 9.17) is 9.47 Å². The number of rotatable bonds is 5. The second-order valence-corrected chi connectivity index (χ2v) is 4.61. The molecule has 0 aromatic heterocycles. The van der Waals surface area contributed by atoms with Crippen LogP contribution < -0.4 is 0 Å². The van der Waals surface area contributed by atoms with Crippen molar-refractivity contribution >= 4 is 0 Å². The molecule has 0 aliphatic carbocycles. The first-order valence-electron chi connectivity index (χ1n) is 5.86. The van der Waals surface area contributed by atoms with Crippen LogP contribution in [0, 0.1) is 6.92 Å². The van der Waals surface area contributed by atoms with E-state index in [-0.39, 0.29) is 18.5 Å². The zero-order valence-electron chi connectivity index (χ0n) is 10.9. The molecule has 0 heterocycles. The van der Waals surface area contributed by atoms with E-state index >= 15 is 0 Å². The quantitative estimate of drug-likeness (QED) is 0.705. The molecule has 1 aromatic carbocycles. The molecule has 0 spiro atoms. The lowest BCUT2D eigenvalue weighted by molar-refractivity contribution is -0.185. The zero-order chi connectivity index (χ0) is 12.1. The molecule has 1 aromatic rings. The van der Waals surface area contributed by atoms with Gasteiger partial charge < -0.3 is 9.47 Å². The number of hydrogen-bond acceptors (Lipinski definition) is 2. The van der Waals surface area contributed by atoms with Gasteiger partial charge in [0.25, 0.3) is 0 Å². The molecule has 0 atom stereocenters. The average Bonchev–Trinajstić information content (AvgIpc) is 2.16. The highest BCUT2D eigenvalue weighted by molar-refractivity contribution is 5.22. The van der Waals surface area contributed by atoms with Crippen molar-refractivity contribution in [1.82, 2.24) is 0 Å². The fraction of sp³-hybridized carbons (Fsp3) is 0.571. The molecule has 0 unspecified atom stereocenters. The molecule has 0 radical (unpaired) electrons. The minimum Gasteiger partial charge on any atom is -0.346 e. The van der Waals surface area contributed by atoms with Gasteiger partial charge in [0, 0.05) is 5.56 Å². The third-order valence-corrected chi connectivity index (χ3v) is 2.14. The van der Waals surface area contributed by atoms with Gasteiger partial charge in [0.15, 0.2) is 6.29 Å². The summed E-state index contributed by atoms with van der Waals surface area (Å²) in [6, 6.07) is 8.28. The van der Waals surface area contributed by atoms with E-state index in [0.717, 1.165) is 5.56 Å². The average molecular weight is 222 g/mol. The molecule has 0 aliphatic heterocycles. The van der Waals surface area contributed by atoms with E-state index < -0.39 is 0 Å². The Hall–Kier alpha value is -0.860. The van der Waals surface area contributed by atoms with E-state index in [2.05, 4.69) is 31.2 Å². The van der Waals surface area contributed by atoms with Crippen LogP contribution in [0.4, 0.5) is 0 Å². The van der Waals surface area contributed by atoms with Crippen molar-refractivity contribution in [1.29, 1.82) is 0 Å². The molecular formula is C14H22O2. The van der Waals surface area contributed by atoms with Crippen molar-refractivity contribution in [2.75, 3.05) is 0 Å². The number of benzene rings is 1. The molecular weight excluding hydrogens is 200 g/mol. The lowest BCUT2D eigenvalue weighted by Gasteiger charge is -2.23. The van der Waals surface area contributed by atoms with Gasteiger partial charge in [-0.1, -0.05) is 29.8 Å². The smallest absolute Gasteiger partial charge is 0.184 e. The highest BCUT2D eigenvalue weighted by Crippen LogP contribution is 2.22. The largest absolute Gasteiger partial charge is 0.346 e. The van der Waals surface area contributed by atoms with E-state index in [9.17, 15) is 0 Å². The number of ether oxygens (including phenoxy) is 2. The van der Waals surface area contributed by atoms with E-state index in [1.807, 2.05) is 27.7 Å². The first-order valence-corrected chi connectivity index (χ1v) is 5.86. The summed E-state index contributed by atoms with van der Waals surface area (Å²) < 4.78 is 11.5. The van der Waals surface area contributed by atoms with Crippen LogP contribution in [0.3, 0.4) is 0 Å². The van der Waals surface area contributed by atoms with Crippen molar-refractivity contribution in [2.24, 2.45) is 0 Å². The molecule has 0 fully saturated rings. The lowest BCUT2D eigenvalue weighted by Crippen LogP contribution is -2.17. The standard InChI is InChI=1S/C14H22O2/c1-10(2)15-14(16-11(3)4)13-8-6-12(5)7-9-13/h6-11,14H,1-5H3.